The van der Waals surface area contributed by atoms with Gasteiger partial charge in [0.05, 0.1) is 27.7 Å². The number of likely N-dealkylation sites (N-methyl/N-ethyl adjacent to an activating group) is 1. The average Bonchev–Trinajstić information content (AvgIpc) is 3.34. The summed E-state index contributed by atoms with van der Waals surface area (Å²) < 4.78 is 23.8. The van der Waals surface area contributed by atoms with Gasteiger partial charge < -0.3 is 19.6 Å². The number of rotatable bonds is 50. The van der Waals surface area contributed by atoms with Gasteiger partial charge in [0.2, 0.25) is 5.60 Å². The van der Waals surface area contributed by atoms with Crippen molar-refractivity contribution in [3.8, 4) is 47.4 Å². The molecule has 72 heavy (non-hydrogen) atoms. The molecule has 9 nitrogen and oxygen atoms in total. The van der Waals surface area contributed by atoms with Gasteiger partial charge in [-0.2, -0.15) is 0 Å². The monoisotopic (exact) mass is 1030 g/mol. The second-order valence-corrected chi connectivity index (χ2v) is 22.9. The van der Waals surface area contributed by atoms with Crippen molar-refractivity contribution in [3.05, 3.63) is 0 Å². The zero-order chi connectivity index (χ0) is 53.1. The number of phosphoric ester groups is 1. The smallest absolute Gasteiger partial charge is 0.394 e. The number of ketones is 2. The van der Waals surface area contributed by atoms with Crippen LogP contribution in [0.25, 0.3) is 0 Å². The molecule has 0 rings (SSSR count). The Bertz CT molecular complexity index is 1530. The van der Waals surface area contributed by atoms with Crippen LogP contribution in [0.3, 0.4) is 0 Å². The van der Waals surface area contributed by atoms with Gasteiger partial charge in [-0.05, 0) is 48.4 Å². The topological polar surface area (TPSA) is 130 Å². The van der Waals surface area contributed by atoms with E-state index in [9.17, 15) is 29.3 Å². The Hall–Kier alpha value is -2.43. The lowest BCUT2D eigenvalue weighted by Crippen LogP contribution is -2.58. The third-order valence-electron chi connectivity index (χ3n) is 13.6. The molecule has 0 saturated carbocycles. The molecule has 0 aliphatic heterocycles. The van der Waals surface area contributed by atoms with Crippen LogP contribution in [0.5, 0.6) is 0 Å². The van der Waals surface area contributed by atoms with Crippen molar-refractivity contribution in [2.75, 3.05) is 40.9 Å². The Morgan fingerprint density at radius 3 is 0.986 bits per heavy atom. The Balaban J connectivity index is 4.82. The summed E-state index contributed by atoms with van der Waals surface area (Å²) in [7, 11) is 0.361. The van der Waals surface area contributed by atoms with Crippen LogP contribution in [-0.4, -0.2) is 83.8 Å². The molecule has 0 aliphatic rings. The summed E-state index contributed by atoms with van der Waals surface area (Å²) in [6.45, 7) is 3.40. The van der Waals surface area contributed by atoms with E-state index in [1.54, 1.807) is 0 Å². The Morgan fingerprint density at radius 2 is 0.736 bits per heavy atom. The molecule has 0 heterocycles. The van der Waals surface area contributed by atoms with Gasteiger partial charge in [-0.25, -0.2) is 4.57 Å². The zero-order valence-corrected chi connectivity index (χ0v) is 48.1. The third kappa shape index (κ3) is 42.9. The molecule has 0 aromatic carbocycles. The number of carbonyl (C=O) groups excluding carboxylic acids is 2. The highest BCUT2D eigenvalue weighted by atomic mass is 31.2. The van der Waals surface area contributed by atoms with Gasteiger partial charge in [0.25, 0.3) is 11.6 Å². The quantitative estimate of drug-likeness (QED) is 0.0137. The molecule has 0 amide bonds. The second kappa shape index (κ2) is 49.4. The number of unbranched alkanes of at least 4 members (excludes halogenated alkanes) is 40. The SMILES string of the molecule is CCCCCCCCCCCCCCCCCCCCCCC#CC#CC(=O)C(OP(=O)(O)OCC[N+](C)(C)C)(C(=O)C#CC#CCCCCCCCCCCCCCCCCCCCCCC)[C@@H](O)CO. The molecule has 10 heteroatoms. The van der Waals surface area contributed by atoms with E-state index in [1.807, 2.05) is 21.1 Å². The molecule has 0 aliphatic carbocycles. The molecule has 0 spiro atoms. The van der Waals surface area contributed by atoms with Gasteiger partial charge in [-0.1, -0.05) is 270 Å². The maximum Gasteiger partial charge on any atom is 0.473 e. The molecule has 414 valence electrons. The van der Waals surface area contributed by atoms with Crippen LogP contribution in [-0.2, 0) is 23.2 Å². The van der Waals surface area contributed by atoms with Crippen LogP contribution in [0.1, 0.15) is 284 Å². The normalized spacial score (nSPS) is 12.6. The first kappa shape index (κ1) is 69.6. The number of Topliss-reactive ketones (excluding diaryl/α,β-unsaturated/α-hetero) is 2. The number of hydrogen-bond acceptors (Lipinski definition) is 7. The summed E-state index contributed by atoms with van der Waals surface area (Å²) in [4.78, 5) is 37.9. The number of phosphoric acid groups is 1. The fourth-order valence-corrected chi connectivity index (χ4v) is 9.85. The Morgan fingerprint density at radius 1 is 0.472 bits per heavy atom. The lowest BCUT2D eigenvalue weighted by atomic mass is 9.87. The van der Waals surface area contributed by atoms with Crippen molar-refractivity contribution in [1.82, 2.24) is 0 Å². The Labute approximate surface area is 443 Å². The summed E-state index contributed by atoms with van der Waals surface area (Å²) in [6.07, 6.45) is 51.0. The van der Waals surface area contributed by atoms with Crippen molar-refractivity contribution in [2.24, 2.45) is 0 Å². The first-order valence-electron chi connectivity index (χ1n) is 29.7. The standard InChI is InChI=1S/C62H108NO8P/c1-6-8-10-12-14-16-18-20-22-24-26-28-30-32-34-36-38-40-42-44-46-48-50-52-54-59(65)62(61(67)58-64,71-72(68,69)70-57-56-63(3,4)5)60(66)55-53-51-49-47-45-43-41-39-37-35-33-31-29-27-25-23-21-19-17-15-13-11-9-7-2/h61,64,67H,6-47,56-58H2,1-5H3/p+1/t61-/m0/s1. The maximum absolute atomic E-state index is 13.6. The van der Waals surface area contributed by atoms with Crippen molar-refractivity contribution in [3.63, 3.8) is 0 Å². The van der Waals surface area contributed by atoms with Crippen LogP contribution >= 0.6 is 7.82 Å². The van der Waals surface area contributed by atoms with Crippen LogP contribution < -0.4 is 0 Å². The van der Waals surface area contributed by atoms with E-state index < -0.39 is 37.7 Å². The van der Waals surface area contributed by atoms with Gasteiger partial charge in [0.15, 0.2) is 0 Å². The highest BCUT2D eigenvalue weighted by Gasteiger charge is 2.56. The number of hydrogen-bond donors (Lipinski definition) is 3. The largest absolute Gasteiger partial charge is 0.473 e. The molecule has 0 fully saturated rings. The minimum Gasteiger partial charge on any atom is -0.394 e. The fraction of sp³-hybridized carbons (Fsp3) is 0.839. The third-order valence-corrected chi connectivity index (χ3v) is 14.6. The number of quaternary nitrogens is 1. The van der Waals surface area contributed by atoms with Gasteiger partial charge in [0.1, 0.15) is 19.3 Å². The lowest BCUT2D eigenvalue weighted by Gasteiger charge is -2.32. The van der Waals surface area contributed by atoms with E-state index in [-0.39, 0.29) is 13.2 Å². The lowest BCUT2D eigenvalue weighted by molar-refractivity contribution is -0.870. The fourth-order valence-electron chi connectivity index (χ4n) is 8.83. The van der Waals surface area contributed by atoms with Gasteiger partial charge in [-0.3, -0.25) is 18.6 Å². The number of aliphatic hydroxyl groups excluding tert-OH is 2. The second-order valence-electron chi connectivity index (χ2n) is 21.5. The average molecular weight is 1030 g/mol. The summed E-state index contributed by atoms with van der Waals surface area (Å²) in [5, 5.41) is 20.9. The maximum atomic E-state index is 13.6. The van der Waals surface area contributed by atoms with E-state index in [4.69, 9.17) is 9.05 Å². The first-order chi connectivity index (χ1) is 34.9. The number of aliphatic hydroxyl groups is 2. The first-order valence-corrected chi connectivity index (χ1v) is 31.2. The number of carbonyl (C=O) groups is 2. The number of nitrogens with zero attached hydrogens (tertiary/aromatic N) is 1. The van der Waals surface area contributed by atoms with Crippen LogP contribution in [0.15, 0.2) is 0 Å². The minimum atomic E-state index is -5.17. The molecule has 0 aromatic rings. The Kier molecular flexibility index (Phi) is 47.8. The molecule has 1 unspecified atom stereocenters. The van der Waals surface area contributed by atoms with Crippen molar-refractivity contribution < 1.29 is 42.8 Å². The van der Waals surface area contributed by atoms with Gasteiger partial charge >= 0.3 is 7.82 Å². The van der Waals surface area contributed by atoms with E-state index in [1.165, 1.54) is 218 Å². The van der Waals surface area contributed by atoms with E-state index >= 15 is 0 Å². The van der Waals surface area contributed by atoms with E-state index in [2.05, 4.69) is 61.2 Å². The zero-order valence-electron chi connectivity index (χ0n) is 47.2. The molecule has 2 atom stereocenters. The summed E-state index contributed by atoms with van der Waals surface area (Å²) in [5.74, 6) is 17.4. The summed E-state index contributed by atoms with van der Waals surface area (Å²) in [6, 6.07) is 0. The highest BCUT2D eigenvalue weighted by Crippen LogP contribution is 2.49. The molecule has 0 radical (unpaired) electrons. The van der Waals surface area contributed by atoms with Crippen LogP contribution in [0.4, 0.5) is 0 Å². The molecular weight excluding hydrogens is 918 g/mol. The van der Waals surface area contributed by atoms with E-state index in [0.29, 0.717) is 17.3 Å². The van der Waals surface area contributed by atoms with E-state index in [0.717, 1.165) is 38.5 Å². The van der Waals surface area contributed by atoms with Crippen LogP contribution in [0, 0.1) is 47.4 Å². The molecule has 0 saturated heterocycles. The highest BCUT2D eigenvalue weighted by molar-refractivity contribution is 7.47. The van der Waals surface area contributed by atoms with Gasteiger partial charge in [0, 0.05) is 12.8 Å². The van der Waals surface area contributed by atoms with Crippen molar-refractivity contribution >= 4 is 19.4 Å². The van der Waals surface area contributed by atoms with Crippen LogP contribution in [0.2, 0.25) is 0 Å². The predicted octanol–water partition coefficient (Wildman–Crippen LogP) is 15.5. The van der Waals surface area contributed by atoms with Gasteiger partial charge in [-0.15, -0.1) is 0 Å². The molecule has 0 aromatic heterocycles. The minimum absolute atomic E-state index is 0.266. The van der Waals surface area contributed by atoms with Crippen molar-refractivity contribution in [1.29, 1.82) is 0 Å². The summed E-state index contributed by atoms with van der Waals surface area (Å²) in [5.41, 5.74) is -3.14. The summed E-state index contributed by atoms with van der Waals surface area (Å²) >= 11 is 0. The molecule has 0 bridgehead atoms. The molecule has 3 N–H and O–H groups in total. The predicted molar refractivity (Wildman–Crippen MR) is 302 cm³/mol. The van der Waals surface area contributed by atoms with Crippen molar-refractivity contribution in [2.45, 2.75) is 295 Å². The molecular formula is C62H109NO8P+.